The van der Waals surface area contributed by atoms with Gasteiger partial charge in [-0.1, -0.05) is 24.6 Å². The van der Waals surface area contributed by atoms with Crippen LogP contribution >= 0.6 is 11.6 Å². The summed E-state index contributed by atoms with van der Waals surface area (Å²) < 4.78 is 40.8. The minimum atomic E-state index is -0.430. The van der Waals surface area contributed by atoms with Crippen LogP contribution in [0.4, 0.5) is 8.78 Å². The van der Waals surface area contributed by atoms with Gasteiger partial charge in [-0.05, 0) is 59.9 Å². The molecule has 4 bridgehead atoms. The highest BCUT2D eigenvalue weighted by Gasteiger charge is 2.16. The highest BCUT2D eigenvalue weighted by atomic mass is 35.5. The van der Waals surface area contributed by atoms with E-state index < -0.39 is 5.82 Å². The Hall–Kier alpha value is -2.50. The SMILES string of the molecule is CCc1cc(F)c2cc1COCCc1cc(Cl)cc(F)c1COc1cccc-2n1. The number of hydrogen-bond donors (Lipinski definition) is 0. The number of aromatic nitrogens is 1. The Bertz CT molecular complexity index is 1060. The fourth-order valence-electron chi connectivity index (χ4n) is 3.52. The van der Waals surface area contributed by atoms with Gasteiger partial charge >= 0.3 is 0 Å². The normalized spacial score (nSPS) is 13.9. The number of fused-ring (bicyclic) bond motifs is 6. The van der Waals surface area contributed by atoms with Crippen molar-refractivity contribution < 1.29 is 18.3 Å². The van der Waals surface area contributed by atoms with E-state index in [1.807, 2.05) is 6.92 Å². The van der Waals surface area contributed by atoms with E-state index >= 15 is 0 Å². The van der Waals surface area contributed by atoms with E-state index in [1.54, 1.807) is 36.4 Å². The van der Waals surface area contributed by atoms with Crippen molar-refractivity contribution in [1.82, 2.24) is 4.98 Å². The fraction of sp³-hybridized carbons (Fsp3) is 0.261. The number of rotatable bonds is 1. The summed E-state index contributed by atoms with van der Waals surface area (Å²) in [5, 5.41) is 0.332. The molecule has 3 nitrogen and oxygen atoms in total. The van der Waals surface area contributed by atoms with E-state index in [0.717, 1.165) is 16.7 Å². The predicted molar refractivity (Wildman–Crippen MR) is 108 cm³/mol. The van der Waals surface area contributed by atoms with Crippen molar-refractivity contribution in [3.63, 3.8) is 0 Å². The van der Waals surface area contributed by atoms with Gasteiger partial charge in [0.05, 0.1) is 18.9 Å². The molecule has 0 unspecified atom stereocenters. The van der Waals surface area contributed by atoms with E-state index in [0.29, 0.717) is 53.8 Å². The van der Waals surface area contributed by atoms with Crippen molar-refractivity contribution in [3.05, 3.63) is 81.4 Å². The highest BCUT2D eigenvalue weighted by molar-refractivity contribution is 6.30. The van der Waals surface area contributed by atoms with Gasteiger partial charge in [0.25, 0.3) is 0 Å². The summed E-state index contributed by atoms with van der Waals surface area (Å²) in [7, 11) is 0. The lowest BCUT2D eigenvalue weighted by Gasteiger charge is -2.16. The number of pyridine rings is 1. The minimum Gasteiger partial charge on any atom is -0.473 e. The molecule has 0 saturated carbocycles. The van der Waals surface area contributed by atoms with Gasteiger partial charge in [-0.2, -0.15) is 0 Å². The van der Waals surface area contributed by atoms with Gasteiger partial charge in [0.1, 0.15) is 18.2 Å². The van der Waals surface area contributed by atoms with Crippen LogP contribution in [0.3, 0.4) is 0 Å². The van der Waals surface area contributed by atoms with Gasteiger partial charge in [-0.3, -0.25) is 0 Å². The van der Waals surface area contributed by atoms with Crippen LogP contribution in [0.15, 0.2) is 42.5 Å². The number of hydrogen-bond acceptors (Lipinski definition) is 3. The molecule has 2 heterocycles. The van der Waals surface area contributed by atoms with Gasteiger partial charge in [-0.15, -0.1) is 0 Å². The second-order valence-electron chi connectivity index (χ2n) is 6.93. The van der Waals surface area contributed by atoms with Crippen molar-refractivity contribution in [1.29, 1.82) is 0 Å². The molecular weight excluding hydrogens is 396 g/mol. The first-order valence-corrected chi connectivity index (χ1v) is 9.89. The first kappa shape index (κ1) is 19.8. The Balaban J connectivity index is 1.79. The number of aryl methyl sites for hydroxylation is 1. The molecule has 0 saturated heterocycles. The number of ether oxygens (including phenoxy) is 2. The van der Waals surface area contributed by atoms with Gasteiger partial charge < -0.3 is 9.47 Å². The molecule has 6 heteroatoms. The Labute approximate surface area is 173 Å². The van der Waals surface area contributed by atoms with Gasteiger partial charge in [0.15, 0.2) is 0 Å². The van der Waals surface area contributed by atoms with Crippen LogP contribution in [-0.4, -0.2) is 11.6 Å². The molecule has 29 heavy (non-hydrogen) atoms. The summed E-state index contributed by atoms with van der Waals surface area (Å²) in [6.07, 6.45) is 1.18. The summed E-state index contributed by atoms with van der Waals surface area (Å²) >= 11 is 6.04. The van der Waals surface area contributed by atoms with Gasteiger partial charge in [0.2, 0.25) is 5.88 Å². The average molecular weight is 416 g/mol. The molecule has 1 aromatic heterocycles. The molecule has 1 aliphatic rings. The van der Waals surface area contributed by atoms with Crippen molar-refractivity contribution in [2.24, 2.45) is 0 Å². The monoisotopic (exact) mass is 415 g/mol. The maximum atomic E-state index is 14.7. The van der Waals surface area contributed by atoms with Crippen molar-refractivity contribution in [2.45, 2.75) is 33.0 Å². The maximum Gasteiger partial charge on any atom is 0.214 e. The van der Waals surface area contributed by atoms with Crippen LogP contribution in [0.2, 0.25) is 5.02 Å². The Morgan fingerprint density at radius 1 is 1.03 bits per heavy atom. The molecule has 0 amide bonds. The van der Waals surface area contributed by atoms with E-state index in [1.165, 1.54) is 6.07 Å². The fourth-order valence-corrected chi connectivity index (χ4v) is 3.74. The maximum absolute atomic E-state index is 14.7. The van der Waals surface area contributed by atoms with E-state index in [-0.39, 0.29) is 12.4 Å². The zero-order chi connectivity index (χ0) is 20.4. The zero-order valence-electron chi connectivity index (χ0n) is 16.0. The van der Waals surface area contributed by atoms with E-state index in [9.17, 15) is 8.78 Å². The van der Waals surface area contributed by atoms with Crippen LogP contribution in [0.25, 0.3) is 11.3 Å². The van der Waals surface area contributed by atoms with Crippen LogP contribution in [0.5, 0.6) is 5.88 Å². The second-order valence-corrected chi connectivity index (χ2v) is 7.37. The van der Waals surface area contributed by atoms with Gasteiger partial charge in [0, 0.05) is 22.2 Å². The third-order valence-electron chi connectivity index (χ3n) is 5.06. The van der Waals surface area contributed by atoms with Crippen LogP contribution in [0, 0.1) is 11.6 Å². The predicted octanol–water partition coefficient (Wildman–Crippen LogP) is 5.89. The van der Waals surface area contributed by atoms with Gasteiger partial charge in [-0.25, -0.2) is 13.8 Å². The smallest absolute Gasteiger partial charge is 0.214 e. The second kappa shape index (κ2) is 8.47. The largest absolute Gasteiger partial charge is 0.473 e. The summed E-state index contributed by atoms with van der Waals surface area (Å²) in [6, 6.07) is 11.5. The molecule has 0 radical (unpaired) electrons. The summed E-state index contributed by atoms with van der Waals surface area (Å²) in [4.78, 5) is 4.42. The molecule has 2 aromatic carbocycles. The van der Waals surface area contributed by atoms with Crippen molar-refractivity contribution in [3.8, 4) is 17.1 Å². The van der Waals surface area contributed by atoms with Crippen LogP contribution in [0.1, 0.15) is 29.2 Å². The quantitative estimate of drug-likeness (QED) is 0.496. The summed E-state index contributed by atoms with van der Waals surface area (Å²) in [5.74, 6) is -0.467. The molecule has 0 aliphatic carbocycles. The van der Waals surface area contributed by atoms with Crippen LogP contribution < -0.4 is 4.74 Å². The average Bonchev–Trinajstić information content (AvgIpc) is 2.70. The number of benzene rings is 2. The molecular formula is C23H20ClF2NO2. The van der Waals surface area contributed by atoms with Crippen LogP contribution in [-0.2, 0) is 30.8 Å². The topological polar surface area (TPSA) is 31.4 Å². The van der Waals surface area contributed by atoms with E-state index in [4.69, 9.17) is 21.1 Å². The third-order valence-corrected chi connectivity index (χ3v) is 5.28. The minimum absolute atomic E-state index is 0.00268. The zero-order valence-corrected chi connectivity index (χ0v) is 16.7. The Morgan fingerprint density at radius 2 is 1.90 bits per heavy atom. The van der Waals surface area contributed by atoms with Crippen molar-refractivity contribution in [2.75, 3.05) is 6.61 Å². The lowest BCUT2D eigenvalue weighted by molar-refractivity contribution is 0.123. The lowest BCUT2D eigenvalue weighted by Crippen LogP contribution is -2.09. The molecule has 3 aromatic rings. The molecule has 0 atom stereocenters. The molecule has 0 spiro atoms. The molecule has 150 valence electrons. The Kier molecular flexibility index (Phi) is 5.79. The lowest BCUT2D eigenvalue weighted by atomic mass is 9.99. The summed E-state index contributed by atoms with van der Waals surface area (Å²) in [6.45, 7) is 2.69. The molecule has 0 fully saturated rings. The molecule has 0 N–H and O–H groups in total. The first-order valence-electron chi connectivity index (χ1n) is 9.51. The number of nitrogens with zero attached hydrogens (tertiary/aromatic N) is 1. The molecule has 1 aliphatic heterocycles. The first-order chi connectivity index (χ1) is 14.0. The highest BCUT2D eigenvalue weighted by Crippen LogP contribution is 2.29. The Morgan fingerprint density at radius 3 is 2.72 bits per heavy atom. The van der Waals surface area contributed by atoms with Crippen molar-refractivity contribution >= 4 is 11.6 Å². The van der Waals surface area contributed by atoms with E-state index in [2.05, 4.69) is 4.98 Å². The standard InChI is InChI=1S/C23H20ClF2NO2/c1-2-14-10-20(25)18-9-16(14)12-28-7-6-15-8-17(24)11-21(26)19(15)13-29-23-5-3-4-22(18)27-23/h3-5,8-11H,2,6-7,12-13H2,1H3. The summed E-state index contributed by atoms with van der Waals surface area (Å²) in [5.41, 5.74) is 3.80. The number of halogens is 3. The molecule has 4 rings (SSSR count). The third kappa shape index (κ3) is 4.26.